The molecule has 1 aromatic heterocycles. The number of hydrogen-bond donors (Lipinski definition) is 1. The molecule has 4 rings (SSSR count). The number of benzene rings is 2. The fraction of sp³-hybridized carbons (Fsp3) is 0.211. The molecule has 0 radical (unpaired) electrons. The molecule has 24 heavy (non-hydrogen) atoms. The maximum Gasteiger partial charge on any atom is 0.148 e. The molecule has 1 aliphatic heterocycles. The van der Waals surface area contributed by atoms with Gasteiger partial charge in [-0.1, -0.05) is 24.3 Å². The van der Waals surface area contributed by atoms with Crippen molar-refractivity contribution in [3.8, 4) is 16.9 Å². The molecule has 2 aromatic carbocycles. The summed E-state index contributed by atoms with van der Waals surface area (Å²) in [5, 5.41) is 8.05. The summed E-state index contributed by atoms with van der Waals surface area (Å²) in [7, 11) is 4.03. The molecular weight excluding hydrogens is 303 g/mol. The average Bonchev–Trinajstić information content (AvgIpc) is 3.18. The Labute approximate surface area is 140 Å². The van der Waals surface area contributed by atoms with Crippen molar-refractivity contribution >= 4 is 11.5 Å². The van der Waals surface area contributed by atoms with Gasteiger partial charge in [0, 0.05) is 37.5 Å². The number of fused-ring (bicyclic) bond motifs is 1. The minimum absolute atomic E-state index is 0.272. The lowest BCUT2D eigenvalue weighted by atomic mass is 10.1. The van der Waals surface area contributed by atoms with E-state index >= 15 is 0 Å². The first-order valence-electron chi connectivity index (χ1n) is 8.03. The molecule has 5 heteroatoms. The van der Waals surface area contributed by atoms with Gasteiger partial charge >= 0.3 is 0 Å². The van der Waals surface area contributed by atoms with Gasteiger partial charge in [-0.05, 0) is 30.7 Å². The topological polar surface area (TPSA) is 33.1 Å². The molecule has 0 bridgehead atoms. The van der Waals surface area contributed by atoms with Crippen molar-refractivity contribution in [2.24, 2.45) is 0 Å². The molecular formula is C19H19FN4. The zero-order chi connectivity index (χ0) is 16.7. The molecule has 122 valence electrons. The second-order valence-electron chi connectivity index (χ2n) is 6.16. The second-order valence-corrected chi connectivity index (χ2v) is 6.16. The average molecular weight is 322 g/mol. The van der Waals surface area contributed by atoms with Gasteiger partial charge in [-0.15, -0.1) is 0 Å². The maximum atomic E-state index is 14.2. The van der Waals surface area contributed by atoms with Gasteiger partial charge in [-0.2, -0.15) is 5.10 Å². The van der Waals surface area contributed by atoms with E-state index in [1.54, 1.807) is 16.8 Å². The van der Waals surface area contributed by atoms with Crippen LogP contribution in [0.5, 0.6) is 0 Å². The Kier molecular flexibility index (Phi) is 3.49. The van der Waals surface area contributed by atoms with Gasteiger partial charge in [0.15, 0.2) is 0 Å². The van der Waals surface area contributed by atoms with Crippen LogP contribution in [0.1, 0.15) is 5.56 Å². The highest BCUT2D eigenvalue weighted by Crippen LogP contribution is 2.35. The van der Waals surface area contributed by atoms with E-state index in [-0.39, 0.29) is 5.82 Å². The van der Waals surface area contributed by atoms with Gasteiger partial charge in [-0.3, -0.25) is 0 Å². The third-order valence-corrected chi connectivity index (χ3v) is 4.39. The van der Waals surface area contributed by atoms with Crippen molar-refractivity contribution in [1.82, 2.24) is 9.78 Å². The Morgan fingerprint density at radius 1 is 1.08 bits per heavy atom. The predicted octanol–water partition coefficient (Wildman–Crippen LogP) is 3.71. The summed E-state index contributed by atoms with van der Waals surface area (Å²) in [5.74, 6) is 0.623. The first kappa shape index (κ1) is 14.8. The Bertz CT molecular complexity index is 881. The smallest absolute Gasteiger partial charge is 0.148 e. The molecule has 0 atom stereocenters. The summed E-state index contributed by atoms with van der Waals surface area (Å²) in [6.45, 7) is 0.852. The highest BCUT2D eigenvalue weighted by molar-refractivity contribution is 5.74. The van der Waals surface area contributed by atoms with Crippen LogP contribution in [0.15, 0.2) is 48.5 Å². The van der Waals surface area contributed by atoms with E-state index in [0.717, 1.165) is 41.3 Å². The van der Waals surface area contributed by atoms with Crippen LogP contribution in [-0.4, -0.2) is 30.4 Å². The van der Waals surface area contributed by atoms with Crippen molar-refractivity contribution in [2.75, 3.05) is 30.9 Å². The van der Waals surface area contributed by atoms with Gasteiger partial charge in [-0.25, -0.2) is 9.07 Å². The Hall–Kier alpha value is -2.82. The first-order valence-corrected chi connectivity index (χ1v) is 8.03. The summed E-state index contributed by atoms with van der Waals surface area (Å²) >= 11 is 0. The number of nitrogens with one attached hydrogen (secondary N) is 1. The summed E-state index contributed by atoms with van der Waals surface area (Å²) in [5.41, 5.74) is 4.73. The first-order chi connectivity index (χ1) is 11.6. The molecule has 0 saturated carbocycles. The Morgan fingerprint density at radius 3 is 2.54 bits per heavy atom. The van der Waals surface area contributed by atoms with Crippen LogP contribution in [0.25, 0.3) is 16.9 Å². The van der Waals surface area contributed by atoms with Gasteiger partial charge in [0.25, 0.3) is 0 Å². The van der Waals surface area contributed by atoms with Crippen molar-refractivity contribution in [2.45, 2.75) is 6.42 Å². The Balaban J connectivity index is 1.83. The van der Waals surface area contributed by atoms with Crippen molar-refractivity contribution in [3.05, 3.63) is 59.9 Å². The molecule has 3 aromatic rings. The molecule has 0 fully saturated rings. The lowest BCUT2D eigenvalue weighted by molar-refractivity contribution is 0.612. The summed E-state index contributed by atoms with van der Waals surface area (Å²) in [6.07, 6.45) is 0.897. The SMILES string of the molecule is CN(C)c1ccc(-c2nn(-c3ccccc3F)c3c2CCN3)cc1. The third kappa shape index (κ3) is 2.33. The normalized spacial score (nSPS) is 12.8. The molecule has 2 heterocycles. The van der Waals surface area contributed by atoms with Gasteiger partial charge in [0.2, 0.25) is 0 Å². The second kappa shape index (κ2) is 5.67. The van der Waals surface area contributed by atoms with Crippen molar-refractivity contribution in [1.29, 1.82) is 0 Å². The van der Waals surface area contributed by atoms with Crippen LogP contribution in [0.3, 0.4) is 0 Å². The maximum absolute atomic E-state index is 14.2. The van der Waals surface area contributed by atoms with Crippen LogP contribution in [-0.2, 0) is 6.42 Å². The van der Waals surface area contributed by atoms with Gasteiger partial charge in [0.05, 0.1) is 5.69 Å². The predicted molar refractivity (Wildman–Crippen MR) is 95.5 cm³/mol. The standard InChI is InChI=1S/C19H19FN4/c1-23(2)14-9-7-13(8-10-14)18-15-11-12-21-19(15)24(22-18)17-6-4-3-5-16(17)20/h3-10,21H,11-12H2,1-2H3. The molecule has 1 N–H and O–H groups in total. The van der Waals surface area contributed by atoms with Crippen molar-refractivity contribution in [3.63, 3.8) is 0 Å². The van der Waals surface area contributed by atoms with Crippen LogP contribution in [0.2, 0.25) is 0 Å². The molecule has 0 spiro atoms. The zero-order valence-corrected chi connectivity index (χ0v) is 13.8. The number of para-hydroxylation sites is 1. The summed E-state index contributed by atoms with van der Waals surface area (Å²) in [4.78, 5) is 2.06. The lowest BCUT2D eigenvalue weighted by Crippen LogP contribution is -2.08. The van der Waals surface area contributed by atoms with Crippen LogP contribution in [0, 0.1) is 5.82 Å². The summed E-state index contributed by atoms with van der Waals surface area (Å²) < 4.78 is 15.9. The molecule has 0 unspecified atom stereocenters. The molecule has 1 aliphatic rings. The third-order valence-electron chi connectivity index (χ3n) is 4.39. The van der Waals surface area contributed by atoms with Crippen LogP contribution >= 0.6 is 0 Å². The van der Waals surface area contributed by atoms with Crippen LogP contribution in [0.4, 0.5) is 15.9 Å². The van der Waals surface area contributed by atoms with E-state index in [0.29, 0.717) is 5.69 Å². The van der Waals surface area contributed by atoms with E-state index in [1.165, 1.54) is 6.07 Å². The number of halogens is 1. The number of hydrogen-bond acceptors (Lipinski definition) is 3. The van der Waals surface area contributed by atoms with Gasteiger partial charge in [0.1, 0.15) is 17.3 Å². The van der Waals surface area contributed by atoms with Gasteiger partial charge < -0.3 is 10.2 Å². The van der Waals surface area contributed by atoms with E-state index in [9.17, 15) is 4.39 Å². The van der Waals surface area contributed by atoms with E-state index in [1.807, 2.05) is 20.2 Å². The fourth-order valence-corrected chi connectivity index (χ4v) is 3.12. The lowest BCUT2D eigenvalue weighted by Gasteiger charge is -2.12. The van der Waals surface area contributed by atoms with Crippen molar-refractivity contribution < 1.29 is 4.39 Å². The number of rotatable bonds is 3. The molecule has 0 saturated heterocycles. The number of nitrogens with zero attached hydrogens (tertiary/aromatic N) is 3. The highest BCUT2D eigenvalue weighted by Gasteiger charge is 2.24. The van der Waals surface area contributed by atoms with E-state index < -0.39 is 0 Å². The fourth-order valence-electron chi connectivity index (χ4n) is 3.12. The zero-order valence-electron chi connectivity index (χ0n) is 13.8. The van der Waals surface area contributed by atoms with Crippen LogP contribution < -0.4 is 10.2 Å². The van der Waals surface area contributed by atoms with E-state index in [2.05, 4.69) is 34.5 Å². The minimum atomic E-state index is -0.272. The number of aromatic nitrogens is 2. The summed E-state index contributed by atoms with van der Waals surface area (Å²) in [6, 6.07) is 15.0. The molecule has 4 nitrogen and oxygen atoms in total. The molecule has 0 aliphatic carbocycles. The Morgan fingerprint density at radius 2 is 1.83 bits per heavy atom. The molecule has 0 amide bonds. The monoisotopic (exact) mass is 322 g/mol. The largest absolute Gasteiger partial charge is 0.378 e. The highest BCUT2D eigenvalue weighted by atomic mass is 19.1. The quantitative estimate of drug-likeness (QED) is 0.798. The minimum Gasteiger partial charge on any atom is -0.378 e. The number of anilines is 2. The van der Waals surface area contributed by atoms with E-state index in [4.69, 9.17) is 5.10 Å².